The summed E-state index contributed by atoms with van der Waals surface area (Å²) in [4.78, 5) is 27.2. The Morgan fingerprint density at radius 1 is 1.16 bits per heavy atom. The van der Waals surface area contributed by atoms with Gasteiger partial charge in [0.1, 0.15) is 5.52 Å². The number of fused-ring (bicyclic) bond motifs is 1. The molecule has 1 N–H and O–H groups in total. The van der Waals surface area contributed by atoms with Crippen LogP contribution in [0, 0.1) is 17.0 Å². The van der Waals surface area contributed by atoms with Gasteiger partial charge >= 0.3 is 0 Å². The van der Waals surface area contributed by atoms with Crippen LogP contribution in [-0.4, -0.2) is 15.8 Å². The van der Waals surface area contributed by atoms with Crippen LogP contribution >= 0.6 is 11.6 Å². The molecule has 0 bridgehead atoms. The van der Waals surface area contributed by atoms with Gasteiger partial charge in [-0.05, 0) is 54.5 Å². The lowest BCUT2D eigenvalue weighted by Crippen LogP contribution is -2.08. The average molecular weight is 434 g/mol. The molecule has 0 atom stereocenters. The van der Waals surface area contributed by atoms with E-state index >= 15 is 0 Å². The zero-order valence-corrected chi connectivity index (χ0v) is 17.1. The van der Waals surface area contributed by atoms with E-state index in [-0.39, 0.29) is 5.69 Å². The number of nitrogens with one attached hydrogen (secondary N) is 1. The summed E-state index contributed by atoms with van der Waals surface area (Å²) in [6.45, 7) is 1.97. The van der Waals surface area contributed by atoms with E-state index < -0.39 is 10.8 Å². The average Bonchev–Trinajstić information content (AvgIpc) is 3.17. The van der Waals surface area contributed by atoms with Gasteiger partial charge in [0.15, 0.2) is 5.58 Å². The quantitative estimate of drug-likeness (QED) is 0.236. The number of carbonyl (C=O) groups is 1. The number of carbonyl (C=O) groups excluding carboxylic acids is 1. The Morgan fingerprint density at radius 2 is 2.00 bits per heavy atom. The highest BCUT2D eigenvalue weighted by molar-refractivity contribution is 6.34. The molecule has 0 saturated carbocycles. The molecule has 0 fully saturated rings. The summed E-state index contributed by atoms with van der Waals surface area (Å²) in [6.07, 6.45) is 2.77. The molecule has 0 unspecified atom stereocenters. The lowest BCUT2D eigenvalue weighted by molar-refractivity contribution is -0.384. The van der Waals surface area contributed by atoms with E-state index in [0.29, 0.717) is 33.3 Å². The molecular weight excluding hydrogens is 418 g/mol. The van der Waals surface area contributed by atoms with Crippen LogP contribution in [0.2, 0.25) is 5.02 Å². The number of nitrogens with zero attached hydrogens (tertiary/aromatic N) is 2. The monoisotopic (exact) mass is 433 g/mol. The summed E-state index contributed by atoms with van der Waals surface area (Å²) in [6, 6.07) is 16.8. The number of oxazole rings is 1. The van der Waals surface area contributed by atoms with Crippen molar-refractivity contribution in [3.8, 4) is 11.5 Å². The molecule has 154 valence electrons. The minimum absolute atomic E-state index is 0.0492. The molecule has 4 rings (SSSR count). The highest BCUT2D eigenvalue weighted by Crippen LogP contribution is 2.30. The second kappa shape index (κ2) is 8.41. The highest BCUT2D eigenvalue weighted by atomic mass is 35.5. The third kappa shape index (κ3) is 4.62. The third-order valence-corrected chi connectivity index (χ3v) is 4.85. The van der Waals surface area contributed by atoms with Crippen LogP contribution in [0.15, 0.2) is 71.2 Å². The first kappa shape index (κ1) is 20.3. The Hall–Kier alpha value is -3.97. The summed E-state index contributed by atoms with van der Waals surface area (Å²) >= 11 is 6.24. The van der Waals surface area contributed by atoms with Crippen molar-refractivity contribution < 1.29 is 14.1 Å². The van der Waals surface area contributed by atoms with Gasteiger partial charge in [-0.2, -0.15) is 0 Å². The molecule has 0 aliphatic rings. The summed E-state index contributed by atoms with van der Waals surface area (Å²) < 4.78 is 5.83. The molecule has 0 radical (unpaired) electrons. The fraction of sp³-hybridized carbons (Fsp3) is 0.0435. The van der Waals surface area contributed by atoms with Gasteiger partial charge in [-0.1, -0.05) is 29.8 Å². The van der Waals surface area contributed by atoms with E-state index in [1.54, 1.807) is 30.3 Å². The van der Waals surface area contributed by atoms with Crippen LogP contribution in [0.25, 0.3) is 28.6 Å². The third-order valence-electron chi connectivity index (χ3n) is 4.52. The minimum atomic E-state index is -0.490. The summed E-state index contributed by atoms with van der Waals surface area (Å²) in [5.41, 5.74) is 4.02. The molecule has 8 heteroatoms. The maximum atomic E-state index is 12.4. The van der Waals surface area contributed by atoms with Crippen molar-refractivity contribution in [2.24, 2.45) is 0 Å². The van der Waals surface area contributed by atoms with Crippen molar-refractivity contribution in [2.75, 3.05) is 5.32 Å². The predicted molar refractivity (Wildman–Crippen MR) is 120 cm³/mol. The molecule has 1 amide bonds. The summed E-state index contributed by atoms with van der Waals surface area (Å²) in [5, 5.41) is 13.9. The number of hydrogen-bond donors (Lipinski definition) is 1. The Bertz CT molecular complexity index is 1340. The van der Waals surface area contributed by atoms with Gasteiger partial charge in [0.05, 0.1) is 15.6 Å². The molecule has 7 nitrogen and oxygen atoms in total. The second-order valence-electron chi connectivity index (χ2n) is 6.86. The SMILES string of the molecule is Cc1ccc2nc(-c3ccc(Cl)c(NC(=O)C=Cc4cccc([N+](=O)[O-])c4)c3)oc2c1. The second-order valence-corrected chi connectivity index (χ2v) is 7.27. The van der Waals surface area contributed by atoms with Crippen LogP contribution in [0.4, 0.5) is 11.4 Å². The first-order valence-electron chi connectivity index (χ1n) is 9.30. The zero-order valence-electron chi connectivity index (χ0n) is 16.3. The summed E-state index contributed by atoms with van der Waals surface area (Å²) in [5.74, 6) is -0.0151. The van der Waals surface area contributed by atoms with E-state index in [2.05, 4.69) is 10.3 Å². The normalized spacial score (nSPS) is 11.2. The molecule has 4 aromatic rings. The van der Waals surface area contributed by atoms with Crippen LogP contribution in [-0.2, 0) is 4.79 Å². The van der Waals surface area contributed by atoms with Crippen LogP contribution in [0.5, 0.6) is 0 Å². The van der Waals surface area contributed by atoms with Crippen molar-refractivity contribution in [2.45, 2.75) is 6.92 Å². The van der Waals surface area contributed by atoms with Gasteiger partial charge in [-0.3, -0.25) is 14.9 Å². The van der Waals surface area contributed by atoms with Crippen molar-refractivity contribution in [1.29, 1.82) is 0 Å². The Balaban J connectivity index is 1.55. The molecular formula is C23H16ClN3O4. The largest absolute Gasteiger partial charge is 0.436 e. The van der Waals surface area contributed by atoms with E-state index in [1.807, 2.05) is 25.1 Å². The lowest BCUT2D eigenvalue weighted by atomic mass is 10.2. The molecule has 3 aromatic carbocycles. The maximum absolute atomic E-state index is 12.4. The van der Waals surface area contributed by atoms with Gasteiger partial charge in [0, 0.05) is 23.8 Å². The van der Waals surface area contributed by atoms with E-state index in [1.165, 1.54) is 24.3 Å². The van der Waals surface area contributed by atoms with Crippen molar-refractivity contribution in [3.05, 3.63) is 93.0 Å². The number of aromatic nitrogens is 1. The predicted octanol–water partition coefficient (Wildman–Crippen LogP) is 6.02. The Kier molecular flexibility index (Phi) is 5.51. The number of halogens is 1. The number of benzene rings is 3. The number of amides is 1. The molecule has 1 heterocycles. The van der Waals surface area contributed by atoms with Crippen molar-refractivity contribution in [3.63, 3.8) is 0 Å². The van der Waals surface area contributed by atoms with E-state index in [4.69, 9.17) is 16.0 Å². The smallest absolute Gasteiger partial charge is 0.270 e. The number of rotatable bonds is 5. The van der Waals surface area contributed by atoms with E-state index in [0.717, 1.165) is 11.1 Å². The molecule has 31 heavy (non-hydrogen) atoms. The summed E-state index contributed by atoms with van der Waals surface area (Å²) in [7, 11) is 0. The number of aryl methyl sites for hydroxylation is 1. The molecule has 0 saturated heterocycles. The number of hydrogen-bond acceptors (Lipinski definition) is 5. The number of nitro benzene ring substituents is 1. The molecule has 0 aliphatic heterocycles. The zero-order chi connectivity index (χ0) is 22.0. The standard InChI is InChI=1S/C23H16ClN3O4/c1-14-5-9-19-21(11-14)31-23(26-19)16-7-8-18(24)20(13-16)25-22(28)10-6-15-3-2-4-17(12-15)27(29)30/h2-13H,1H3,(H,25,28). The van der Waals surface area contributed by atoms with E-state index in [9.17, 15) is 14.9 Å². The van der Waals surface area contributed by atoms with Gasteiger partial charge in [-0.15, -0.1) is 0 Å². The lowest BCUT2D eigenvalue weighted by Gasteiger charge is -2.06. The maximum Gasteiger partial charge on any atom is 0.270 e. The number of nitro groups is 1. The van der Waals surface area contributed by atoms with Crippen LogP contribution < -0.4 is 5.32 Å². The van der Waals surface area contributed by atoms with Gasteiger partial charge < -0.3 is 9.73 Å². The molecule has 0 spiro atoms. The topological polar surface area (TPSA) is 98.3 Å². The Labute approximate surface area is 182 Å². The first-order chi connectivity index (χ1) is 14.9. The van der Waals surface area contributed by atoms with Gasteiger partial charge in [0.25, 0.3) is 5.69 Å². The number of anilines is 1. The fourth-order valence-electron chi connectivity index (χ4n) is 3.00. The first-order valence-corrected chi connectivity index (χ1v) is 9.67. The molecule has 0 aliphatic carbocycles. The minimum Gasteiger partial charge on any atom is -0.436 e. The van der Waals surface area contributed by atoms with Crippen LogP contribution in [0.3, 0.4) is 0 Å². The van der Waals surface area contributed by atoms with Gasteiger partial charge in [0.2, 0.25) is 11.8 Å². The fourth-order valence-corrected chi connectivity index (χ4v) is 3.16. The van der Waals surface area contributed by atoms with Gasteiger partial charge in [-0.25, -0.2) is 4.98 Å². The van der Waals surface area contributed by atoms with Crippen molar-refractivity contribution >= 4 is 46.1 Å². The Morgan fingerprint density at radius 3 is 2.81 bits per heavy atom. The highest BCUT2D eigenvalue weighted by Gasteiger charge is 2.12. The molecule has 1 aromatic heterocycles. The van der Waals surface area contributed by atoms with Crippen molar-refractivity contribution in [1.82, 2.24) is 4.98 Å². The van der Waals surface area contributed by atoms with Crippen LogP contribution in [0.1, 0.15) is 11.1 Å². The number of non-ortho nitro benzene ring substituents is 1.